The molecule has 0 radical (unpaired) electrons. The van der Waals surface area contributed by atoms with E-state index in [9.17, 15) is 4.79 Å². The average Bonchev–Trinajstić information content (AvgIpc) is 3.03. The number of carbonyl (C=O) groups is 1. The third-order valence-corrected chi connectivity index (χ3v) is 3.98. The second-order valence-corrected chi connectivity index (χ2v) is 5.52. The molecule has 1 fully saturated rings. The summed E-state index contributed by atoms with van der Waals surface area (Å²) in [7, 11) is -0.479. The summed E-state index contributed by atoms with van der Waals surface area (Å²) >= 11 is 0. The lowest BCUT2D eigenvalue weighted by Crippen LogP contribution is -2.09. The molecule has 1 aromatic rings. The lowest BCUT2D eigenvalue weighted by atomic mass is 10.0. The molecular formula is C16H17NO4S. The van der Waals surface area contributed by atoms with Gasteiger partial charge in [-0.2, -0.15) is 0 Å². The molecule has 5 nitrogen and oxygen atoms in total. The van der Waals surface area contributed by atoms with Crippen LogP contribution < -0.4 is 0 Å². The van der Waals surface area contributed by atoms with Crippen LogP contribution in [-0.4, -0.2) is 22.9 Å². The molecule has 0 bridgehead atoms. The quantitative estimate of drug-likeness (QED) is 0.475. The normalized spacial score (nSPS) is 20.5. The highest BCUT2D eigenvalue weighted by molar-refractivity contribution is 8.07. The van der Waals surface area contributed by atoms with Crippen molar-refractivity contribution in [1.82, 2.24) is 4.47 Å². The van der Waals surface area contributed by atoms with Gasteiger partial charge in [0.25, 0.3) is 0 Å². The molecule has 0 aliphatic carbocycles. The largest absolute Gasteiger partial charge is 0.430 e. The van der Waals surface area contributed by atoms with Crippen LogP contribution >= 0.6 is 11.0 Å². The van der Waals surface area contributed by atoms with Crippen LogP contribution in [0.5, 0.6) is 0 Å². The van der Waals surface area contributed by atoms with Crippen LogP contribution in [0.4, 0.5) is 0 Å². The van der Waals surface area contributed by atoms with E-state index in [1.165, 1.54) is 6.26 Å². The molecule has 2 aliphatic rings. The van der Waals surface area contributed by atoms with E-state index in [4.69, 9.17) is 13.8 Å². The Morgan fingerprint density at radius 2 is 1.91 bits per heavy atom. The lowest BCUT2D eigenvalue weighted by Gasteiger charge is -2.05. The van der Waals surface area contributed by atoms with Crippen LogP contribution in [0.3, 0.4) is 0 Å². The molecule has 0 N–H and O–H groups in total. The van der Waals surface area contributed by atoms with Crippen molar-refractivity contribution in [2.45, 2.75) is 6.92 Å². The van der Waals surface area contributed by atoms with Gasteiger partial charge in [-0.25, -0.2) is 4.79 Å². The third kappa shape index (κ3) is 3.66. The van der Waals surface area contributed by atoms with Gasteiger partial charge in [0.2, 0.25) is 0 Å². The molecule has 2 heterocycles. The topological polar surface area (TPSA) is 48.0 Å². The molecule has 1 unspecified atom stereocenters. The van der Waals surface area contributed by atoms with Crippen LogP contribution in [-0.2, 0) is 18.6 Å². The van der Waals surface area contributed by atoms with Gasteiger partial charge in [0.15, 0.2) is 0 Å². The van der Waals surface area contributed by atoms with E-state index in [-0.39, 0.29) is 5.97 Å². The molecule has 0 saturated carbocycles. The Hall–Kier alpha value is -2.31. The summed E-state index contributed by atoms with van der Waals surface area (Å²) in [5.74, 6) is 3.67. The van der Waals surface area contributed by atoms with Gasteiger partial charge in [-0.15, -0.1) is 0 Å². The molecular weight excluding hydrogens is 302 g/mol. The molecule has 3 rings (SSSR count). The fraction of sp³-hybridized carbons (Fsp3) is 0.125. The summed E-state index contributed by atoms with van der Waals surface area (Å²) in [6, 6.07) is 9.57. The van der Waals surface area contributed by atoms with Gasteiger partial charge in [0, 0.05) is 12.1 Å². The van der Waals surface area contributed by atoms with Crippen LogP contribution in [0.2, 0.25) is 0 Å². The van der Waals surface area contributed by atoms with Gasteiger partial charge in [0.05, 0.1) is 16.5 Å². The minimum absolute atomic E-state index is 0.343. The van der Waals surface area contributed by atoms with Crippen molar-refractivity contribution < 1.29 is 18.6 Å². The number of ether oxygens (including phenoxy) is 1. The number of cyclic esters (lactones) is 1. The SMILES string of the molecule is C=C1C(=O)OC=C1c1ccccc1.C=C1ON(CC)S(=C)O1. The van der Waals surface area contributed by atoms with Gasteiger partial charge in [0.1, 0.15) is 6.26 Å². The summed E-state index contributed by atoms with van der Waals surface area (Å²) in [5, 5.41) is 0. The van der Waals surface area contributed by atoms with Crippen LogP contribution in [0.1, 0.15) is 12.5 Å². The van der Waals surface area contributed by atoms with Crippen LogP contribution in [0.15, 0.2) is 61.3 Å². The number of hydrogen-bond donors (Lipinski definition) is 0. The maximum Gasteiger partial charge on any atom is 0.343 e. The highest BCUT2D eigenvalue weighted by atomic mass is 32.2. The second kappa shape index (κ2) is 7.11. The number of nitrogens with zero attached hydrogens (tertiary/aromatic N) is 1. The monoisotopic (exact) mass is 319 g/mol. The highest BCUT2D eigenvalue weighted by Gasteiger charge is 2.21. The molecule has 1 saturated heterocycles. The predicted molar refractivity (Wildman–Crippen MR) is 88.1 cm³/mol. The molecule has 0 aromatic heterocycles. The number of hydrogen-bond acceptors (Lipinski definition) is 5. The summed E-state index contributed by atoms with van der Waals surface area (Å²) in [6.45, 7) is 9.87. The molecule has 116 valence electrons. The Morgan fingerprint density at radius 3 is 2.32 bits per heavy atom. The number of benzene rings is 1. The first kappa shape index (κ1) is 16.1. The minimum atomic E-state index is -0.479. The Morgan fingerprint density at radius 1 is 1.23 bits per heavy atom. The van der Waals surface area contributed by atoms with E-state index in [2.05, 4.69) is 19.0 Å². The first-order valence-corrected chi connectivity index (χ1v) is 7.83. The number of esters is 1. The fourth-order valence-corrected chi connectivity index (χ4v) is 2.53. The smallest absolute Gasteiger partial charge is 0.343 e. The number of carbonyl (C=O) groups excluding carboxylic acids is 1. The Balaban J connectivity index is 0.000000172. The van der Waals surface area contributed by atoms with E-state index in [1.54, 1.807) is 4.47 Å². The predicted octanol–water partition coefficient (Wildman–Crippen LogP) is 3.41. The van der Waals surface area contributed by atoms with Crippen molar-refractivity contribution in [1.29, 1.82) is 0 Å². The van der Waals surface area contributed by atoms with Crippen LogP contribution in [0, 0.1) is 0 Å². The zero-order valence-corrected chi connectivity index (χ0v) is 13.1. The first-order valence-electron chi connectivity index (χ1n) is 6.55. The summed E-state index contributed by atoms with van der Waals surface area (Å²) in [6.07, 6.45) is 1.44. The number of hydroxylamine groups is 1. The molecule has 0 amide bonds. The summed E-state index contributed by atoms with van der Waals surface area (Å²) < 4.78 is 11.4. The molecule has 22 heavy (non-hydrogen) atoms. The van der Waals surface area contributed by atoms with Gasteiger partial charge in [-0.05, 0) is 24.9 Å². The highest BCUT2D eigenvalue weighted by Crippen LogP contribution is 2.31. The lowest BCUT2D eigenvalue weighted by molar-refractivity contribution is -0.132. The Labute approximate surface area is 132 Å². The van der Waals surface area contributed by atoms with Gasteiger partial charge >= 0.3 is 11.9 Å². The summed E-state index contributed by atoms with van der Waals surface area (Å²) in [5.41, 5.74) is 2.15. The first-order chi connectivity index (χ1) is 10.5. The average molecular weight is 319 g/mol. The zero-order chi connectivity index (χ0) is 16.1. The maximum absolute atomic E-state index is 11.0. The van der Waals surface area contributed by atoms with Gasteiger partial charge < -0.3 is 13.8 Å². The maximum atomic E-state index is 11.0. The standard InChI is InChI=1S/C11H8O2.C5H9NO2S/c1-8-10(7-13-11(8)12)9-5-3-2-4-6-9;1-4-6-7-5(2)8-9(6)3/h2-7H,1H2;2-4H2,1H3. The Bertz CT molecular complexity index is 651. The van der Waals surface area contributed by atoms with E-state index >= 15 is 0 Å². The summed E-state index contributed by atoms with van der Waals surface area (Å²) in [4.78, 5) is 16.0. The van der Waals surface area contributed by atoms with E-state index in [0.29, 0.717) is 11.5 Å². The van der Waals surface area contributed by atoms with Crippen molar-refractivity contribution in [3.8, 4) is 0 Å². The molecule has 0 spiro atoms. The molecule has 2 aliphatic heterocycles. The third-order valence-electron chi connectivity index (χ3n) is 2.82. The zero-order valence-electron chi connectivity index (χ0n) is 12.3. The van der Waals surface area contributed by atoms with Gasteiger partial charge in [-0.3, -0.25) is 0 Å². The van der Waals surface area contributed by atoms with Crippen molar-refractivity contribution in [3.05, 3.63) is 66.8 Å². The molecule has 6 heteroatoms. The molecule has 1 atom stereocenters. The second-order valence-electron chi connectivity index (χ2n) is 4.30. The molecule has 1 aromatic carbocycles. The van der Waals surface area contributed by atoms with Crippen molar-refractivity contribution >= 4 is 28.4 Å². The van der Waals surface area contributed by atoms with E-state index in [0.717, 1.165) is 17.7 Å². The van der Waals surface area contributed by atoms with Crippen LogP contribution in [0.25, 0.3) is 5.57 Å². The van der Waals surface area contributed by atoms with Crippen molar-refractivity contribution in [3.63, 3.8) is 0 Å². The Kier molecular flexibility index (Phi) is 5.19. The van der Waals surface area contributed by atoms with Gasteiger partial charge in [-0.1, -0.05) is 41.4 Å². The van der Waals surface area contributed by atoms with E-state index < -0.39 is 11.0 Å². The fourth-order valence-electron chi connectivity index (χ4n) is 1.75. The van der Waals surface area contributed by atoms with Crippen molar-refractivity contribution in [2.24, 2.45) is 0 Å². The van der Waals surface area contributed by atoms with Crippen molar-refractivity contribution in [2.75, 3.05) is 6.54 Å². The van der Waals surface area contributed by atoms with E-state index in [1.807, 2.05) is 37.3 Å². The number of rotatable bonds is 2. The minimum Gasteiger partial charge on any atom is -0.430 e.